The minimum Gasteiger partial charge on any atom is -0.361 e. The molecule has 2 aromatic rings. The maximum absolute atomic E-state index is 12.6. The van der Waals surface area contributed by atoms with Crippen molar-refractivity contribution in [2.45, 2.75) is 38.1 Å². The van der Waals surface area contributed by atoms with Crippen LogP contribution in [0.15, 0.2) is 33.7 Å². The SMILES string of the molecule is Cc1noc(C(C)C)c1CN1C(=O)c2ccccc2S1(=O)=O. The van der Waals surface area contributed by atoms with E-state index in [9.17, 15) is 13.2 Å². The van der Waals surface area contributed by atoms with Gasteiger partial charge in [0.25, 0.3) is 15.9 Å². The number of aryl methyl sites for hydroxylation is 1. The van der Waals surface area contributed by atoms with Crippen molar-refractivity contribution < 1.29 is 17.7 Å². The summed E-state index contributed by atoms with van der Waals surface area (Å²) < 4.78 is 31.3. The zero-order valence-corrected chi connectivity index (χ0v) is 13.3. The first kappa shape index (κ1) is 14.8. The number of carbonyl (C=O) groups is 1. The van der Waals surface area contributed by atoms with Gasteiger partial charge in [0.2, 0.25) is 0 Å². The predicted molar refractivity (Wildman–Crippen MR) is 78.8 cm³/mol. The van der Waals surface area contributed by atoms with E-state index in [0.717, 1.165) is 4.31 Å². The number of hydrogen-bond acceptors (Lipinski definition) is 5. The Bertz CT molecular complexity index is 852. The van der Waals surface area contributed by atoms with E-state index in [0.29, 0.717) is 17.0 Å². The Labute approximate surface area is 128 Å². The Kier molecular flexibility index (Phi) is 3.32. The van der Waals surface area contributed by atoms with Crippen LogP contribution >= 0.6 is 0 Å². The van der Waals surface area contributed by atoms with E-state index < -0.39 is 15.9 Å². The average Bonchev–Trinajstić information content (AvgIpc) is 2.92. The van der Waals surface area contributed by atoms with Gasteiger partial charge in [0.1, 0.15) is 10.7 Å². The molecule has 0 spiro atoms. The summed E-state index contributed by atoms with van der Waals surface area (Å²) in [5.74, 6) is 0.154. The van der Waals surface area contributed by atoms with Crippen LogP contribution in [0.25, 0.3) is 0 Å². The van der Waals surface area contributed by atoms with Crippen LogP contribution in [-0.2, 0) is 16.6 Å². The van der Waals surface area contributed by atoms with E-state index in [2.05, 4.69) is 5.16 Å². The third-order valence-electron chi connectivity index (χ3n) is 3.75. The van der Waals surface area contributed by atoms with Gasteiger partial charge in [-0.1, -0.05) is 31.1 Å². The Morgan fingerprint density at radius 1 is 1.27 bits per heavy atom. The smallest absolute Gasteiger partial charge is 0.269 e. The van der Waals surface area contributed by atoms with E-state index in [-0.39, 0.29) is 22.9 Å². The summed E-state index contributed by atoms with van der Waals surface area (Å²) in [6, 6.07) is 6.24. The Morgan fingerprint density at radius 3 is 2.59 bits per heavy atom. The lowest BCUT2D eigenvalue weighted by Crippen LogP contribution is -2.30. The Morgan fingerprint density at radius 2 is 1.95 bits per heavy atom. The third-order valence-corrected chi connectivity index (χ3v) is 5.54. The summed E-state index contributed by atoms with van der Waals surface area (Å²) in [7, 11) is -3.82. The minimum absolute atomic E-state index is 0.0546. The summed E-state index contributed by atoms with van der Waals surface area (Å²) in [5.41, 5.74) is 1.46. The standard InChI is InChI=1S/C15H16N2O4S/c1-9(2)14-12(10(3)16-21-14)8-17-15(18)11-6-4-5-7-13(11)22(17,19)20/h4-7,9H,8H2,1-3H3. The van der Waals surface area contributed by atoms with E-state index in [1.807, 2.05) is 13.8 Å². The van der Waals surface area contributed by atoms with Gasteiger partial charge >= 0.3 is 0 Å². The Balaban J connectivity index is 2.05. The molecular weight excluding hydrogens is 304 g/mol. The van der Waals surface area contributed by atoms with Crippen molar-refractivity contribution in [3.63, 3.8) is 0 Å². The van der Waals surface area contributed by atoms with E-state index >= 15 is 0 Å². The quantitative estimate of drug-likeness (QED) is 0.867. The van der Waals surface area contributed by atoms with Crippen LogP contribution in [-0.4, -0.2) is 23.8 Å². The number of rotatable bonds is 3. The fraction of sp³-hybridized carbons (Fsp3) is 0.333. The van der Waals surface area contributed by atoms with Gasteiger partial charge in [-0.15, -0.1) is 0 Å². The normalized spacial score (nSPS) is 16.4. The van der Waals surface area contributed by atoms with Crippen LogP contribution in [0.3, 0.4) is 0 Å². The number of amides is 1. The highest BCUT2D eigenvalue weighted by Crippen LogP contribution is 2.33. The number of carbonyl (C=O) groups excluding carboxylic acids is 1. The van der Waals surface area contributed by atoms with Crippen LogP contribution in [0.1, 0.15) is 47.1 Å². The summed E-state index contributed by atoms with van der Waals surface area (Å²) in [6.45, 7) is 5.54. The fourth-order valence-corrected chi connectivity index (χ4v) is 4.12. The third kappa shape index (κ3) is 2.04. The molecule has 1 aromatic carbocycles. The lowest BCUT2D eigenvalue weighted by molar-refractivity contribution is 0.0864. The van der Waals surface area contributed by atoms with Crippen molar-refractivity contribution in [3.8, 4) is 0 Å². The van der Waals surface area contributed by atoms with E-state index in [1.165, 1.54) is 12.1 Å². The highest BCUT2D eigenvalue weighted by atomic mass is 32.2. The molecule has 0 saturated heterocycles. The summed E-state index contributed by atoms with van der Waals surface area (Å²) in [5, 5.41) is 3.89. The second-order valence-electron chi connectivity index (χ2n) is 5.58. The molecule has 0 aliphatic carbocycles. The van der Waals surface area contributed by atoms with Crippen molar-refractivity contribution >= 4 is 15.9 Å². The van der Waals surface area contributed by atoms with Gasteiger partial charge in [-0.2, -0.15) is 0 Å². The van der Waals surface area contributed by atoms with Crippen LogP contribution in [0, 0.1) is 6.92 Å². The average molecular weight is 320 g/mol. The van der Waals surface area contributed by atoms with Gasteiger partial charge in [0.15, 0.2) is 0 Å². The Hall–Kier alpha value is -2.15. The molecule has 3 rings (SSSR count). The van der Waals surface area contributed by atoms with Gasteiger partial charge in [0, 0.05) is 11.5 Å². The summed E-state index contributed by atoms with van der Waals surface area (Å²) >= 11 is 0. The number of fused-ring (bicyclic) bond motifs is 1. The van der Waals surface area contributed by atoms with E-state index in [4.69, 9.17) is 4.52 Å². The maximum atomic E-state index is 12.6. The van der Waals surface area contributed by atoms with Gasteiger partial charge in [-0.25, -0.2) is 12.7 Å². The van der Waals surface area contributed by atoms with E-state index in [1.54, 1.807) is 19.1 Å². The zero-order chi connectivity index (χ0) is 16.1. The van der Waals surface area contributed by atoms with Crippen LogP contribution in [0.5, 0.6) is 0 Å². The second kappa shape index (κ2) is 4.95. The molecule has 0 N–H and O–H groups in total. The zero-order valence-electron chi connectivity index (χ0n) is 12.5. The lowest BCUT2D eigenvalue weighted by atomic mass is 10.1. The topological polar surface area (TPSA) is 80.5 Å². The number of benzene rings is 1. The molecule has 0 fully saturated rings. The first-order chi connectivity index (χ1) is 10.3. The van der Waals surface area contributed by atoms with Crippen molar-refractivity contribution in [1.29, 1.82) is 0 Å². The van der Waals surface area contributed by atoms with Crippen molar-refractivity contribution in [2.24, 2.45) is 0 Å². The molecule has 7 heteroatoms. The molecule has 1 aliphatic heterocycles. The molecule has 1 aromatic heterocycles. The molecule has 2 heterocycles. The lowest BCUT2D eigenvalue weighted by Gasteiger charge is -2.15. The predicted octanol–water partition coefficient (Wildman–Crippen LogP) is 2.45. The molecule has 0 saturated carbocycles. The molecule has 22 heavy (non-hydrogen) atoms. The number of nitrogens with zero attached hydrogens (tertiary/aromatic N) is 2. The second-order valence-corrected chi connectivity index (χ2v) is 7.41. The first-order valence-electron chi connectivity index (χ1n) is 6.95. The molecular formula is C15H16N2O4S. The van der Waals surface area contributed by atoms with Crippen LogP contribution in [0.4, 0.5) is 0 Å². The number of aromatic nitrogens is 1. The van der Waals surface area contributed by atoms with Gasteiger partial charge in [-0.3, -0.25) is 4.79 Å². The van der Waals surface area contributed by atoms with Crippen LogP contribution in [0.2, 0.25) is 0 Å². The summed E-state index contributed by atoms with van der Waals surface area (Å²) in [4.78, 5) is 12.5. The number of hydrogen-bond donors (Lipinski definition) is 0. The fourth-order valence-electron chi connectivity index (χ4n) is 2.58. The highest BCUT2D eigenvalue weighted by Gasteiger charge is 2.41. The van der Waals surface area contributed by atoms with Crippen molar-refractivity contribution in [2.75, 3.05) is 0 Å². The molecule has 1 amide bonds. The molecule has 6 nitrogen and oxygen atoms in total. The molecule has 116 valence electrons. The minimum atomic E-state index is -3.82. The maximum Gasteiger partial charge on any atom is 0.269 e. The summed E-state index contributed by atoms with van der Waals surface area (Å²) in [6.07, 6.45) is 0. The van der Waals surface area contributed by atoms with Gasteiger partial charge in [-0.05, 0) is 19.1 Å². The van der Waals surface area contributed by atoms with Crippen molar-refractivity contribution in [1.82, 2.24) is 9.46 Å². The molecule has 0 radical (unpaired) electrons. The number of sulfonamides is 1. The van der Waals surface area contributed by atoms with Crippen molar-refractivity contribution in [3.05, 3.63) is 46.8 Å². The molecule has 0 bridgehead atoms. The highest BCUT2D eigenvalue weighted by molar-refractivity contribution is 7.90. The van der Waals surface area contributed by atoms with Gasteiger partial charge in [0.05, 0.1) is 17.8 Å². The first-order valence-corrected chi connectivity index (χ1v) is 8.39. The molecule has 1 aliphatic rings. The van der Waals surface area contributed by atoms with Gasteiger partial charge < -0.3 is 4.52 Å². The largest absolute Gasteiger partial charge is 0.361 e. The molecule has 0 atom stereocenters. The van der Waals surface area contributed by atoms with Crippen LogP contribution < -0.4 is 0 Å². The monoisotopic (exact) mass is 320 g/mol. The molecule has 0 unspecified atom stereocenters.